The van der Waals surface area contributed by atoms with Gasteiger partial charge in [0.2, 0.25) is 10.0 Å². The Bertz CT molecular complexity index is 868. The average Bonchev–Trinajstić information content (AvgIpc) is 2.68. The molecule has 3 rings (SSSR count). The second-order valence-electron chi connectivity index (χ2n) is 6.25. The van der Waals surface area contributed by atoms with Crippen molar-refractivity contribution >= 4 is 27.6 Å². The van der Waals surface area contributed by atoms with Crippen LogP contribution in [0.25, 0.3) is 0 Å². The second kappa shape index (κ2) is 7.78. The van der Waals surface area contributed by atoms with Crippen LogP contribution >= 0.6 is 11.6 Å². The van der Waals surface area contributed by atoms with Gasteiger partial charge in [-0.15, -0.1) is 0 Å². The van der Waals surface area contributed by atoms with Gasteiger partial charge in [0, 0.05) is 18.1 Å². The van der Waals surface area contributed by atoms with Crippen molar-refractivity contribution < 1.29 is 17.9 Å². The summed E-state index contributed by atoms with van der Waals surface area (Å²) in [6.07, 6.45) is 0.535. The number of carbonyl (C=O) groups excluding carboxylic acids is 1. The lowest BCUT2D eigenvalue weighted by Crippen LogP contribution is -2.45. The molecular weight excluding hydrogens is 374 g/mol. The minimum absolute atomic E-state index is 0.0944. The summed E-state index contributed by atoms with van der Waals surface area (Å²) in [5.41, 5.74) is 0.960. The molecule has 0 spiro atoms. The Morgan fingerprint density at radius 3 is 2.38 bits per heavy atom. The van der Waals surface area contributed by atoms with Gasteiger partial charge in [0.15, 0.2) is 0 Å². The first kappa shape index (κ1) is 18.9. The second-order valence-corrected chi connectivity index (χ2v) is 8.63. The molecule has 1 aliphatic heterocycles. The van der Waals surface area contributed by atoms with E-state index in [1.54, 1.807) is 42.5 Å². The number of methoxy groups -OCH3 is 1. The minimum Gasteiger partial charge on any atom is -0.469 e. The zero-order chi connectivity index (χ0) is 18.7. The van der Waals surface area contributed by atoms with Gasteiger partial charge >= 0.3 is 5.97 Å². The van der Waals surface area contributed by atoms with E-state index < -0.39 is 21.9 Å². The largest absolute Gasteiger partial charge is 0.469 e. The number of sulfonamides is 1. The maximum Gasteiger partial charge on any atom is 0.310 e. The Kier molecular flexibility index (Phi) is 5.65. The van der Waals surface area contributed by atoms with E-state index in [0.717, 1.165) is 5.56 Å². The highest BCUT2D eigenvalue weighted by Gasteiger charge is 2.40. The third-order valence-electron chi connectivity index (χ3n) is 4.76. The summed E-state index contributed by atoms with van der Waals surface area (Å²) in [6, 6.07) is 15.6. The first-order valence-electron chi connectivity index (χ1n) is 8.32. The van der Waals surface area contributed by atoms with Crippen LogP contribution in [0.3, 0.4) is 0 Å². The number of benzene rings is 2. The molecule has 0 radical (unpaired) electrons. The molecule has 7 heteroatoms. The molecule has 0 saturated carbocycles. The number of nitrogens with zero attached hydrogens (tertiary/aromatic N) is 1. The molecule has 0 bridgehead atoms. The molecule has 0 amide bonds. The molecule has 5 nitrogen and oxygen atoms in total. The highest BCUT2D eigenvalue weighted by molar-refractivity contribution is 7.89. The molecular formula is C19H20ClNO4S. The fourth-order valence-electron chi connectivity index (χ4n) is 3.38. The van der Waals surface area contributed by atoms with Gasteiger partial charge in [0.05, 0.1) is 17.9 Å². The fourth-order valence-corrected chi connectivity index (χ4v) is 5.01. The summed E-state index contributed by atoms with van der Waals surface area (Å²) in [5, 5.41) is 0.618. The zero-order valence-corrected chi connectivity index (χ0v) is 15.9. The van der Waals surface area contributed by atoms with Gasteiger partial charge in [0.25, 0.3) is 0 Å². The standard InChI is InChI=1S/C19H20ClNO4S/c1-25-19(22)18-13-21(26(23,24)16-5-3-2-4-6-16)12-11-17(18)14-7-9-15(20)10-8-14/h2-10,17-18H,11-13H2,1H3/t17-,18?/m1/s1. The predicted octanol–water partition coefficient (Wildman–Crippen LogP) is 3.31. The van der Waals surface area contributed by atoms with Gasteiger partial charge in [-0.2, -0.15) is 4.31 Å². The fraction of sp³-hybridized carbons (Fsp3) is 0.316. The van der Waals surface area contributed by atoms with E-state index >= 15 is 0 Å². The number of halogens is 1. The van der Waals surface area contributed by atoms with Crippen molar-refractivity contribution in [3.8, 4) is 0 Å². The lowest BCUT2D eigenvalue weighted by atomic mass is 9.81. The number of rotatable bonds is 4. The van der Waals surface area contributed by atoms with Gasteiger partial charge in [-0.1, -0.05) is 41.9 Å². The summed E-state index contributed by atoms with van der Waals surface area (Å²) in [7, 11) is -2.32. The van der Waals surface area contributed by atoms with Gasteiger partial charge < -0.3 is 4.74 Å². The van der Waals surface area contributed by atoms with Gasteiger partial charge in [-0.25, -0.2) is 8.42 Å². The molecule has 0 aliphatic carbocycles. The summed E-state index contributed by atoms with van der Waals surface area (Å²) >= 11 is 5.95. The topological polar surface area (TPSA) is 63.7 Å². The van der Waals surface area contributed by atoms with Gasteiger partial charge in [0.1, 0.15) is 0 Å². The summed E-state index contributed by atoms with van der Waals surface area (Å²) in [5.74, 6) is -1.08. The van der Waals surface area contributed by atoms with Crippen molar-refractivity contribution in [2.75, 3.05) is 20.2 Å². The highest BCUT2D eigenvalue weighted by Crippen LogP contribution is 2.36. The van der Waals surface area contributed by atoms with E-state index in [-0.39, 0.29) is 17.4 Å². The van der Waals surface area contributed by atoms with Crippen molar-refractivity contribution in [3.05, 3.63) is 65.2 Å². The summed E-state index contributed by atoms with van der Waals surface area (Å²) in [6.45, 7) is 0.440. The maximum absolute atomic E-state index is 12.9. The number of hydrogen-bond acceptors (Lipinski definition) is 4. The number of hydrogen-bond donors (Lipinski definition) is 0. The van der Waals surface area contributed by atoms with Crippen LogP contribution in [-0.4, -0.2) is 38.9 Å². The van der Waals surface area contributed by atoms with E-state index in [1.165, 1.54) is 11.4 Å². The SMILES string of the molecule is COC(=O)C1CN(S(=O)(=O)c2ccccc2)CC[C@@H]1c1ccc(Cl)cc1. The van der Waals surface area contributed by atoms with Crippen LogP contribution in [0, 0.1) is 5.92 Å². The first-order chi connectivity index (χ1) is 12.4. The van der Waals surface area contributed by atoms with Crippen molar-refractivity contribution in [1.82, 2.24) is 4.31 Å². The first-order valence-corrected chi connectivity index (χ1v) is 10.1. The van der Waals surface area contributed by atoms with Crippen LogP contribution in [0.15, 0.2) is 59.5 Å². The molecule has 1 aliphatic rings. The van der Waals surface area contributed by atoms with Crippen LogP contribution in [0.1, 0.15) is 17.9 Å². The average molecular weight is 394 g/mol. The molecule has 1 unspecified atom stereocenters. The Hall–Kier alpha value is -1.89. The van der Waals surface area contributed by atoms with Crippen LogP contribution in [0.4, 0.5) is 0 Å². The molecule has 138 valence electrons. The molecule has 2 aromatic carbocycles. The van der Waals surface area contributed by atoms with Crippen molar-refractivity contribution in [2.45, 2.75) is 17.2 Å². The Morgan fingerprint density at radius 1 is 1.12 bits per heavy atom. The third kappa shape index (κ3) is 3.77. The molecule has 26 heavy (non-hydrogen) atoms. The quantitative estimate of drug-likeness (QED) is 0.747. The molecule has 2 atom stereocenters. The van der Waals surface area contributed by atoms with Gasteiger partial charge in [-0.3, -0.25) is 4.79 Å². The lowest BCUT2D eigenvalue weighted by molar-refractivity contribution is -0.147. The Balaban J connectivity index is 1.89. The number of esters is 1. The molecule has 1 heterocycles. The molecule has 1 saturated heterocycles. The highest BCUT2D eigenvalue weighted by atomic mass is 35.5. The Labute approximate surface area is 158 Å². The predicted molar refractivity (Wildman–Crippen MR) is 99.5 cm³/mol. The summed E-state index contributed by atoms with van der Waals surface area (Å²) < 4.78 is 32.1. The van der Waals surface area contributed by atoms with E-state index in [1.807, 2.05) is 12.1 Å². The van der Waals surface area contributed by atoms with E-state index in [9.17, 15) is 13.2 Å². The van der Waals surface area contributed by atoms with Gasteiger partial charge in [-0.05, 0) is 42.2 Å². The van der Waals surface area contributed by atoms with Crippen LogP contribution in [0.5, 0.6) is 0 Å². The molecule has 0 N–H and O–H groups in total. The number of ether oxygens (including phenoxy) is 1. The normalized spacial score (nSPS) is 21.3. The summed E-state index contributed by atoms with van der Waals surface area (Å²) in [4.78, 5) is 12.6. The number of carbonyl (C=O) groups is 1. The van der Waals surface area contributed by atoms with E-state index in [2.05, 4.69) is 0 Å². The molecule has 0 aromatic heterocycles. The zero-order valence-electron chi connectivity index (χ0n) is 14.3. The molecule has 2 aromatic rings. The Morgan fingerprint density at radius 2 is 1.77 bits per heavy atom. The van der Waals surface area contributed by atoms with Crippen LogP contribution < -0.4 is 0 Å². The number of piperidine rings is 1. The van der Waals surface area contributed by atoms with E-state index in [0.29, 0.717) is 18.0 Å². The van der Waals surface area contributed by atoms with E-state index in [4.69, 9.17) is 16.3 Å². The third-order valence-corrected chi connectivity index (χ3v) is 6.89. The minimum atomic E-state index is -3.64. The van der Waals surface area contributed by atoms with Crippen molar-refractivity contribution in [2.24, 2.45) is 5.92 Å². The molecule has 1 fully saturated rings. The smallest absolute Gasteiger partial charge is 0.310 e. The van der Waals surface area contributed by atoms with Crippen LogP contribution in [-0.2, 0) is 19.6 Å². The lowest BCUT2D eigenvalue weighted by Gasteiger charge is -2.36. The van der Waals surface area contributed by atoms with Crippen molar-refractivity contribution in [3.63, 3.8) is 0 Å². The maximum atomic E-state index is 12.9. The van der Waals surface area contributed by atoms with Crippen LogP contribution in [0.2, 0.25) is 5.02 Å². The van der Waals surface area contributed by atoms with Crippen molar-refractivity contribution in [1.29, 1.82) is 0 Å². The monoisotopic (exact) mass is 393 g/mol.